The van der Waals surface area contributed by atoms with Gasteiger partial charge in [0.25, 0.3) is 0 Å². The summed E-state index contributed by atoms with van der Waals surface area (Å²) in [5, 5.41) is 0. The molecule has 0 saturated carbocycles. The average Bonchev–Trinajstić information content (AvgIpc) is 3.40. The molecule has 2 heterocycles. The van der Waals surface area contributed by atoms with E-state index in [0.717, 1.165) is 28.3 Å². The Morgan fingerprint density at radius 3 is 2.58 bits per heavy atom. The lowest BCUT2D eigenvalue weighted by atomic mass is 10.0. The lowest BCUT2D eigenvalue weighted by Gasteiger charge is -2.21. The SMILES string of the molecule is COc1cccc(N2CC(c3nc4ccccc4n3C(C)c3ccccc3)CC2=O)c1. The molecule has 156 valence electrons. The molecule has 1 amide bonds. The number of hydrogen-bond acceptors (Lipinski definition) is 3. The number of benzene rings is 3. The first kappa shape index (κ1) is 19.4. The maximum Gasteiger partial charge on any atom is 0.227 e. The van der Waals surface area contributed by atoms with Crippen molar-refractivity contribution in [1.82, 2.24) is 9.55 Å². The molecule has 4 aromatic rings. The average molecular weight is 412 g/mol. The minimum Gasteiger partial charge on any atom is -0.497 e. The zero-order chi connectivity index (χ0) is 21.4. The van der Waals surface area contributed by atoms with E-state index in [0.29, 0.717) is 13.0 Å². The molecule has 0 spiro atoms. The molecule has 3 aromatic carbocycles. The van der Waals surface area contributed by atoms with Gasteiger partial charge in [0.1, 0.15) is 11.6 Å². The van der Waals surface area contributed by atoms with E-state index in [1.807, 2.05) is 53.4 Å². The van der Waals surface area contributed by atoms with Crippen molar-refractivity contribution in [3.05, 3.63) is 90.3 Å². The van der Waals surface area contributed by atoms with Gasteiger partial charge in [0.15, 0.2) is 0 Å². The van der Waals surface area contributed by atoms with Crippen LogP contribution < -0.4 is 9.64 Å². The number of aromatic nitrogens is 2. The van der Waals surface area contributed by atoms with E-state index in [-0.39, 0.29) is 17.9 Å². The fraction of sp³-hybridized carbons (Fsp3) is 0.231. The minimum absolute atomic E-state index is 0.0252. The Labute approximate surface area is 181 Å². The number of carbonyl (C=O) groups excluding carboxylic acids is 1. The maximum absolute atomic E-state index is 13.0. The van der Waals surface area contributed by atoms with Crippen molar-refractivity contribution in [1.29, 1.82) is 0 Å². The Kier molecular flexibility index (Phi) is 4.94. The minimum atomic E-state index is 0.0252. The number of ether oxygens (including phenoxy) is 1. The fourth-order valence-corrected chi connectivity index (χ4v) is 4.55. The first-order valence-electron chi connectivity index (χ1n) is 10.6. The van der Waals surface area contributed by atoms with Gasteiger partial charge in [0.05, 0.1) is 24.2 Å². The summed E-state index contributed by atoms with van der Waals surface area (Å²) < 4.78 is 7.65. The molecule has 2 atom stereocenters. The van der Waals surface area contributed by atoms with Crippen molar-refractivity contribution in [2.75, 3.05) is 18.6 Å². The Balaban J connectivity index is 1.55. The second kappa shape index (κ2) is 7.91. The highest BCUT2D eigenvalue weighted by Crippen LogP contribution is 2.36. The van der Waals surface area contributed by atoms with E-state index in [4.69, 9.17) is 9.72 Å². The highest BCUT2D eigenvalue weighted by atomic mass is 16.5. The van der Waals surface area contributed by atoms with Crippen LogP contribution in [0.1, 0.15) is 36.7 Å². The quantitative estimate of drug-likeness (QED) is 0.455. The van der Waals surface area contributed by atoms with Gasteiger partial charge in [0.2, 0.25) is 5.91 Å². The zero-order valence-electron chi connectivity index (χ0n) is 17.7. The molecule has 1 fully saturated rings. The molecule has 1 aromatic heterocycles. The first-order chi connectivity index (χ1) is 15.2. The smallest absolute Gasteiger partial charge is 0.227 e. The summed E-state index contributed by atoms with van der Waals surface area (Å²) in [4.78, 5) is 19.8. The highest BCUT2D eigenvalue weighted by molar-refractivity contribution is 5.96. The highest BCUT2D eigenvalue weighted by Gasteiger charge is 2.35. The maximum atomic E-state index is 13.0. The summed E-state index contributed by atoms with van der Waals surface area (Å²) in [6.45, 7) is 2.81. The van der Waals surface area contributed by atoms with E-state index in [1.165, 1.54) is 5.56 Å². The predicted octanol–water partition coefficient (Wildman–Crippen LogP) is 5.17. The number of anilines is 1. The number of methoxy groups -OCH3 is 1. The zero-order valence-corrected chi connectivity index (χ0v) is 17.7. The van der Waals surface area contributed by atoms with Crippen molar-refractivity contribution in [3.8, 4) is 5.75 Å². The number of fused-ring (bicyclic) bond motifs is 1. The van der Waals surface area contributed by atoms with Crippen LogP contribution in [0.4, 0.5) is 5.69 Å². The van der Waals surface area contributed by atoms with Gasteiger partial charge >= 0.3 is 0 Å². The van der Waals surface area contributed by atoms with Crippen LogP contribution in [-0.2, 0) is 4.79 Å². The molecule has 5 nitrogen and oxygen atoms in total. The lowest BCUT2D eigenvalue weighted by molar-refractivity contribution is -0.117. The molecular formula is C26H25N3O2. The first-order valence-corrected chi connectivity index (χ1v) is 10.6. The van der Waals surface area contributed by atoms with Gasteiger partial charge in [-0.1, -0.05) is 48.5 Å². The molecule has 1 aliphatic rings. The monoisotopic (exact) mass is 411 g/mol. The van der Waals surface area contributed by atoms with Crippen molar-refractivity contribution >= 4 is 22.6 Å². The number of para-hydroxylation sites is 2. The third-order valence-electron chi connectivity index (χ3n) is 6.15. The van der Waals surface area contributed by atoms with Crippen LogP contribution in [0, 0.1) is 0 Å². The Hall–Kier alpha value is -3.60. The summed E-state index contributed by atoms with van der Waals surface area (Å²) in [6.07, 6.45) is 0.446. The lowest BCUT2D eigenvalue weighted by Crippen LogP contribution is -2.24. The predicted molar refractivity (Wildman–Crippen MR) is 123 cm³/mol. The molecule has 5 rings (SSSR count). The second-order valence-electron chi connectivity index (χ2n) is 8.02. The van der Waals surface area contributed by atoms with Crippen LogP contribution in [0.3, 0.4) is 0 Å². The van der Waals surface area contributed by atoms with E-state index in [2.05, 4.69) is 41.8 Å². The normalized spacial score (nSPS) is 17.3. The third kappa shape index (κ3) is 3.46. The Morgan fingerprint density at radius 2 is 1.77 bits per heavy atom. The Bertz CT molecular complexity index is 1230. The largest absolute Gasteiger partial charge is 0.497 e. The number of imidazole rings is 1. The van der Waals surface area contributed by atoms with Gasteiger partial charge < -0.3 is 14.2 Å². The second-order valence-corrected chi connectivity index (χ2v) is 8.02. The number of nitrogens with zero attached hydrogens (tertiary/aromatic N) is 3. The van der Waals surface area contributed by atoms with E-state index < -0.39 is 0 Å². The summed E-state index contributed by atoms with van der Waals surface area (Å²) in [7, 11) is 1.64. The number of hydrogen-bond donors (Lipinski definition) is 0. The molecular weight excluding hydrogens is 386 g/mol. The summed E-state index contributed by atoms with van der Waals surface area (Å²) in [5.74, 6) is 1.86. The van der Waals surface area contributed by atoms with Crippen molar-refractivity contribution in [2.24, 2.45) is 0 Å². The summed E-state index contributed by atoms with van der Waals surface area (Å²) >= 11 is 0. The van der Waals surface area contributed by atoms with Crippen LogP contribution in [0.25, 0.3) is 11.0 Å². The van der Waals surface area contributed by atoms with Crippen LogP contribution in [0.15, 0.2) is 78.9 Å². The molecule has 31 heavy (non-hydrogen) atoms. The molecule has 1 saturated heterocycles. The van der Waals surface area contributed by atoms with Crippen molar-refractivity contribution in [3.63, 3.8) is 0 Å². The molecule has 0 radical (unpaired) electrons. The van der Waals surface area contributed by atoms with Crippen LogP contribution >= 0.6 is 0 Å². The summed E-state index contributed by atoms with van der Waals surface area (Å²) in [5.41, 5.74) is 4.15. The number of amides is 1. The number of carbonyl (C=O) groups is 1. The molecule has 2 unspecified atom stereocenters. The summed E-state index contributed by atoms with van der Waals surface area (Å²) in [6, 6.07) is 26.5. The van der Waals surface area contributed by atoms with Gasteiger partial charge in [0, 0.05) is 30.6 Å². The fourth-order valence-electron chi connectivity index (χ4n) is 4.55. The molecule has 0 aliphatic carbocycles. The van der Waals surface area contributed by atoms with Crippen LogP contribution in [-0.4, -0.2) is 29.1 Å². The van der Waals surface area contributed by atoms with E-state index in [9.17, 15) is 4.79 Å². The van der Waals surface area contributed by atoms with Crippen molar-refractivity contribution in [2.45, 2.75) is 25.3 Å². The van der Waals surface area contributed by atoms with Crippen molar-refractivity contribution < 1.29 is 9.53 Å². The molecule has 0 bridgehead atoms. The Morgan fingerprint density at radius 1 is 1.00 bits per heavy atom. The van der Waals surface area contributed by atoms with Gasteiger partial charge in [-0.15, -0.1) is 0 Å². The molecule has 5 heteroatoms. The third-order valence-corrected chi connectivity index (χ3v) is 6.15. The topological polar surface area (TPSA) is 47.4 Å². The van der Waals surface area contributed by atoms with Gasteiger partial charge in [-0.3, -0.25) is 4.79 Å². The molecule has 0 N–H and O–H groups in total. The van der Waals surface area contributed by atoms with Crippen LogP contribution in [0.5, 0.6) is 5.75 Å². The standard InChI is InChI=1S/C26H25N3O2/c1-18(19-9-4-3-5-10-19)29-24-14-7-6-13-23(24)27-26(29)20-15-25(30)28(17-20)21-11-8-12-22(16-21)31-2/h3-14,16,18,20H,15,17H2,1-2H3. The van der Waals surface area contributed by atoms with Gasteiger partial charge in [-0.25, -0.2) is 4.98 Å². The van der Waals surface area contributed by atoms with Gasteiger partial charge in [-0.05, 0) is 36.8 Å². The van der Waals surface area contributed by atoms with Gasteiger partial charge in [-0.2, -0.15) is 0 Å². The molecule has 1 aliphatic heterocycles. The number of rotatable bonds is 5. The van der Waals surface area contributed by atoms with E-state index in [1.54, 1.807) is 7.11 Å². The van der Waals surface area contributed by atoms with E-state index >= 15 is 0 Å². The van der Waals surface area contributed by atoms with Crippen LogP contribution in [0.2, 0.25) is 0 Å².